The summed E-state index contributed by atoms with van der Waals surface area (Å²) in [6, 6.07) is 6.40. The Bertz CT molecular complexity index is 965. The fourth-order valence-electron chi connectivity index (χ4n) is 2.95. The Morgan fingerprint density at radius 1 is 1.11 bits per heavy atom. The van der Waals surface area contributed by atoms with Gasteiger partial charge in [0.25, 0.3) is 0 Å². The smallest absolute Gasteiger partial charge is 0.168 e. The minimum Gasteiger partial charge on any atom is -0.493 e. The van der Waals surface area contributed by atoms with Crippen LogP contribution >= 0.6 is 12.1 Å². The molecule has 0 saturated carbocycles. The molecule has 0 bridgehead atoms. The van der Waals surface area contributed by atoms with E-state index in [0.717, 1.165) is 12.1 Å². The zero-order valence-electron chi connectivity index (χ0n) is 15.7. The van der Waals surface area contributed by atoms with E-state index in [9.17, 15) is 8.78 Å². The van der Waals surface area contributed by atoms with Crippen LogP contribution in [0.3, 0.4) is 0 Å². The summed E-state index contributed by atoms with van der Waals surface area (Å²) in [4.78, 5) is 0. The van der Waals surface area contributed by atoms with Gasteiger partial charge in [-0.3, -0.25) is 10.6 Å². The van der Waals surface area contributed by atoms with Gasteiger partial charge in [-0.05, 0) is 25.2 Å². The Balaban J connectivity index is 2.11. The molecule has 6 nitrogen and oxygen atoms in total. The van der Waals surface area contributed by atoms with Crippen molar-refractivity contribution in [1.82, 2.24) is 9.73 Å². The zero-order chi connectivity index (χ0) is 20.4. The zero-order valence-corrected chi connectivity index (χ0v) is 16.5. The minimum absolute atomic E-state index is 0.0257. The van der Waals surface area contributed by atoms with Gasteiger partial charge in [0.2, 0.25) is 0 Å². The Labute approximate surface area is 166 Å². The molecule has 1 heterocycles. The molecule has 0 aromatic heterocycles. The van der Waals surface area contributed by atoms with Gasteiger partial charge in [0.15, 0.2) is 23.1 Å². The van der Waals surface area contributed by atoms with Crippen LogP contribution in [0.1, 0.15) is 22.3 Å². The molecule has 3 N–H and O–H groups in total. The van der Waals surface area contributed by atoms with Gasteiger partial charge < -0.3 is 9.47 Å². The first-order valence-corrected chi connectivity index (χ1v) is 9.09. The third-order valence-corrected chi connectivity index (χ3v) is 4.89. The molecule has 0 saturated heterocycles. The number of rotatable bonds is 6. The van der Waals surface area contributed by atoms with Crippen LogP contribution in [0.15, 0.2) is 35.9 Å². The predicted octanol–water partition coefficient (Wildman–Crippen LogP) is 3.26. The summed E-state index contributed by atoms with van der Waals surface area (Å²) >= 11 is 0.940. The van der Waals surface area contributed by atoms with Gasteiger partial charge in [0.05, 0.1) is 19.9 Å². The van der Waals surface area contributed by atoms with Crippen molar-refractivity contribution in [2.24, 2.45) is 10.2 Å². The molecule has 0 spiro atoms. The topological polar surface area (TPSA) is 72.1 Å². The average Bonchev–Trinajstić information content (AvgIpc) is 2.71. The van der Waals surface area contributed by atoms with Gasteiger partial charge >= 0.3 is 0 Å². The van der Waals surface area contributed by atoms with Crippen LogP contribution in [0.4, 0.5) is 8.78 Å². The first kappa shape index (κ1) is 20.1. The number of hydrazone groups is 1. The van der Waals surface area contributed by atoms with E-state index >= 15 is 0 Å². The lowest BCUT2D eigenvalue weighted by Crippen LogP contribution is -2.22. The molecule has 1 aliphatic heterocycles. The third-order valence-electron chi connectivity index (χ3n) is 4.40. The van der Waals surface area contributed by atoms with E-state index in [2.05, 4.69) is 17.1 Å². The monoisotopic (exact) mass is 406 g/mol. The molecular formula is C19H20F2N4O2S. The molecular weight excluding hydrogens is 386 g/mol. The minimum atomic E-state index is -0.985. The number of nitrogens with zero attached hydrogens (tertiary/aromatic N) is 2. The van der Waals surface area contributed by atoms with E-state index in [4.69, 9.17) is 14.6 Å². The number of benzene rings is 2. The number of hydrogen-bond donors (Lipinski definition) is 2. The third kappa shape index (κ3) is 3.56. The summed E-state index contributed by atoms with van der Waals surface area (Å²) in [5.41, 5.74) is 4.95. The van der Waals surface area contributed by atoms with Gasteiger partial charge in [0, 0.05) is 40.9 Å². The summed E-state index contributed by atoms with van der Waals surface area (Å²) < 4.78 is 41.8. The average molecular weight is 406 g/mol. The lowest BCUT2D eigenvalue weighted by molar-refractivity contribution is 0.354. The van der Waals surface area contributed by atoms with Crippen molar-refractivity contribution in [1.29, 1.82) is 0 Å². The molecule has 2 aromatic carbocycles. The number of methoxy groups -OCH3 is 2. The van der Waals surface area contributed by atoms with Crippen LogP contribution in [-0.4, -0.2) is 31.3 Å². The summed E-state index contributed by atoms with van der Waals surface area (Å²) in [5, 5.41) is 9.63. The van der Waals surface area contributed by atoms with Gasteiger partial charge in [-0.15, -0.1) is 0 Å². The van der Waals surface area contributed by atoms with Crippen molar-refractivity contribution in [3.05, 3.63) is 64.7 Å². The lowest BCUT2D eigenvalue weighted by Gasteiger charge is -2.22. The molecule has 0 amide bonds. The van der Waals surface area contributed by atoms with Crippen LogP contribution in [0, 0.1) is 11.6 Å². The first-order chi connectivity index (χ1) is 13.4. The van der Waals surface area contributed by atoms with Crippen molar-refractivity contribution in [3.8, 4) is 11.5 Å². The van der Waals surface area contributed by atoms with Crippen LogP contribution < -0.4 is 20.0 Å². The highest BCUT2D eigenvalue weighted by Gasteiger charge is 2.26. The summed E-state index contributed by atoms with van der Waals surface area (Å²) in [7, 11) is 4.70. The van der Waals surface area contributed by atoms with Crippen LogP contribution in [-0.2, 0) is 6.54 Å². The highest BCUT2D eigenvalue weighted by Crippen LogP contribution is 2.36. The number of hydrogen-bond acceptors (Lipinski definition) is 7. The van der Waals surface area contributed by atoms with E-state index < -0.39 is 11.6 Å². The Morgan fingerprint density at radius 2 is 1.75 bits per heavy atom. The van der Waals surface area contributed by atoms with E-state index in [1.54, 1.807) is 23.5 Å². The largest absolute Gasteiger partial charge is 0.493 e. The Kier molecular flexibility index (Phi) is 5.87. The summed E-state index contributed by atoms with van der Waals surface area (Å²) in [6.07, 6.45) is 0. The normalized spacial score (nSPS) is 13.1. The molecule has 0 radical (unpaired) electrons. The SMILES string of the molecule is C=C1NN=C(c2ccc(CN(C)SN)c(F)c2F)c2cc(OC)c(OC)cc21. The summed E-state index contributed by atoms with van der Waals surface area (Å²) in [6.45, 7) is 4.07. The standard InChI is InChI=1S/C19H20F2N4O2S/c1-10-13-7-15(26-3)16(27-4)8-14(13)19(24-23-10)12-6-5-11(9-25(2)28-22)17(20)18(12)21/h5-8,23H,1,9,22H2,2-4H3. The van der Waals surface area contributed by atoms with Crippen molar-refractivity contribution in [3.63, 3.8) is 0 Å². The van der Waals surface area contributed by atoms with Crippen molar-refractivity contribution >= 4 is 23.5 Å². The molecule has 9 heteroatoms. The van der Waals surface area contributed by atoms with Crippen molar-refractivity contribution in [2.45, 2.75) is 6.54 Å². The number of halogens is 2. The van der Waals surface area contributed by atoms with E-state index in [1.807, 2.05) is 0 Å². The predicted molar refractivity (Wildman–Crippen MR) is 107 cm³/mol. The van der Waals surface area contributed by atoms with Crippen LogP contribution in [0.5, 0.6) is 11.5 Å². The maximum atomic E-state index is 14.9. The van der Waals surface area contributed by atoms with E-state index in [0.29, 0.717) is 28.3 Å². The molecule has 0 unspecified atom stereocenters. The van der Waals surface area contributed by atoms with Crippen molar-refractivity contribution in [2.75, 3.05) is 21.3 Å². The highest BCUT2D eigenvalue weighted by molar-refractivity contribution is 7.94. The number of ether oxygens (including phenoxy) is 2. The number of nitrogens with one attached hydrogen (secondary N) is 1. The maximum Gasteiger partial charge on any atom is 0.168 e. The molecule has 148 valence electrons. The van der Waals surface area contributed by atoms with E-state index in [-0.39, 0.29) is 23.4 Å². The number of nitrogens with two attached hydrogens (primary N) is 1. The van der Waals surface area contributed by atoms with Gasteiger partial charge in [-0.25, -0.2) is 13.1 Å². The number of fused-ring (bicyclic) bond motifs is 1. The van der Waals surface area contributed by atoms with Crippen LogP contribution in [0.2, 0.25) is 0 Å². The van der Waals surface area contributed by atoms with E-state index in [1.165, 1.54) is 26.4 Å². The quantitative estimate of drug-likeness (QED) is 0.718. The molecule has 28 heavy (non-hydrogen) atoms. The molecule has 0 atom stereocenters. The second kappa shape index (κ2) is 8.17. The molecule has 0 fully saturated rings. The highest BCUT2D eigenvalue weighted by atomic mass is 32.2. The van der Waals surface area contributed by atoms with Gasteiger partial charge in [0.1, 0.15) is 5.71 Å². The second-order valence-corrected chi connectivity index (χ2v) is 6.93. The maximum absolute atomic E-state index is 14.9. The summed E-state index contributed by atoms with van der Waals surface area (Å²) in [5.74, 6) is -0.980. The Morgan fingerprint density at radius 3 is 2.36 bits per heavy atom. The molecule has 3 rings (SSSR count). The molecule has 2 aromatic rings. The fraction of sp³-hybridized carbons (Fsp3) is 0.211. The second-order valence-electron chi connectivity index (χ2n) is 6.10. The van der Waals surface area contributed by atoms with Crippen molar-refractivity contribution < 1.29 is 18.3 Å². The fourth-order valence-corrected chi connectivity index (χ4v) is 3.16. The van der Waals surface area contributed by atoms with Crippen LogP contribution in [0.25, 0.3) is 5.70 Å². The molecule has 0 aliphatic carbocycles. The van der Waals surface area contributed by atoms with Gasteiger partial charge in [-0.2, -0.15) is 5.10 Å². The Hall–Kier alpha value is -2.62. The lowest BCUT2D eigenvalue weighted by atomic mass is 9.93. The van der Waals surface area contributed by atoms with Gasteiger partial charge in [-0.1, -0.05) is 12.6 Å². The first-order valence-electron chi connectivity index (χ1n) is 8.25. The molecule has 1 aliphatic rings.